The van der Waals surface area contributed by atoms with Crippen LogP contribution in [0.2, 0.25) is 0 Å². The van der Waals surface area contributed by atoms with Crippen LogP contribution in [0.1, 0.15) is 39.5 Å². The van der Waals surface area contributed by atoms with Gasteiger partial charge < -0.3 is 5.32 Å². The lowest BCUT2D eigenvalue weighted by atomic mass is 9.75. The molecule has 0 aliphatic carbocycles. The minimum absolute atomic E-state index is 0.674. The van der Waals surface area contributed by atoms with Crippen molar-refractivity contribution in [2.24, 2.45) is 11.3 Å². The van der Waals surface area contributed by atoms with Gasteiger partial charge in [-0.1, -0.05) is 13.8 Å². The fourth-order valence-electron chi connectivity index (χ4n) is 3.04. The lowest BCUT2D eigenvalue weighted by molar-refractivity contribution is 0.230. The molecule has 82 valence electrons. The minimum Gasteiger partial charge on any atom is -0.313 e. The third-order valence-corrected chi connectivity index (χ3v) is 5.17. The molecule has 0 saturated carbocycles. The van der Waals surface area contributed by atoms with Gasteiger partial charge in [-0.3, -0.25) is 0 Å². The van der Waals surface area contributed by atoms with E-state index < -0.39 is 0 Å². The standard InChI is InChI=1S/C12H23NS/c1-10(2)8-11-12(5-6-13-11)4-3-7-14-9-12/h10-11,13H,3-9H2,1-2H3. The van der Waals surface area contributed by atoms with E-state index in [1.165, 1.54) is 43.7 Å². The van der Waals surface area contributed by atoms with E-state index in [1.54, 1.807) is 0 Å². The molecule has 2 aliphatic rings. The third-order valence-electron chi connectivity index (χ3n) is 3.81. The Morgan fingerprint density at radius 3 is 2.93 bits per heavy atom. The Morgan fingerprint density at radius 2 is 2.29 bits per heavy atom. The van der Waals surface area contributed by atoms with Gasteiger partial charge in [0.25, 0.3) is 0 Å². The minimum atomic E-state index is 0.674. The van der Waals surface area contributed by atoms with Crippen LogP contribution in [0.3, 0.4) is 0 Å². The summed E-state index contributed by atoms with van der Waals surface area (Å²) in [6.07, 6.45) is 5.73. The quantitative estimate of drug-likeness (QED) is 0.757. The Hall–Kier alpha value is 0.310. The van der Waals surface area contributed by atoms with Gasteiger partial charge in [0.1, 0.15) is 0 Å². The first kappa shape index (κ1) is 10.8. The molecule has 1 N–H and O–H groups in total. The maximum Gasteiger partial charge on any atom is 0.0134 e. The highest BCUT2D eigenvalue weighted by atomic mass is 32.2. The highest BCUT2D eigenvalue weighted by Gasteiger charge is 2.43. The molecule has 2 fully saturated rings. The van der Waals surface area contributed by atoms with Crippen LogP contribution >= 0.6 is 11.8 Å². The van der Waals surface area contributed by atoms with Crippen LogP contribution in [-0.4, -0.2) is 24.1 Å². The second-order valence-electron chi connectivity index (χ2n) is 5.40. The molecule has 14 heavy (non-hydrogen) atoms. The first-order chi connectivity index (χ1) is 6.73. The van der Waals surface area contributed by atoms with Crippen molar-refractivity contribution in [3.05, 3.63) is 0 Å². The predicted octanol–water partition coefficient (Wildman–Crippen LogP) is 2.91. The molecule has 1 spiro atoms. The van der Waals surface area contributed by atoms with Crippen molar-refractivity contribution in [3.8, 4) is 0 Å². The molecule has 2 rings (SSSR count). The van der Waals surface area contributed by atoms with Gasteiger partial charge in [-0.15, -0.1) is 0 Å². The van der Waals surface area contributed by atoms with Crippen molar-refractivity contribution >= 4 is 11.8 Å². The molecule has 0 aromatic carbocycles. The molecule has 2 atom stereocenters. The molecule has 0 amide bonds. The normalized spacial score (nSPS) is 38.4. The molecule has 0 aromatic heterocycles. The van der Waals surface area contributed by atoms with Gasteiger partial charge in [0.05, 0.1) is 0 Å². The molecular formula is C12H23NS. The second kappa shape index (κ2) is 4.44. The van der Waals surface area contributed by atoms with Crippen molar-refractivity contribution in [2.45, 2.75) is 45.6 Å². The number of nitrogens with one attached hydrogen (secondary N) is 1. The Morgan fingerprint density at radius 1 is 1.43 bits per heavy atom. The van der Waals surface area contributed by atoms with Crippen LogP contribution < -0.4 is 5.32 Å². The summed E-state index contributed by atoms with van der Waals surface area (Å²) < 4.78 is 0. The maximum absolute atomic E-state index is 3.74. The smallest absolute Gasteiger partial charge is 0.0134 e. The second-order valence-corrected chi connectivity index (χ2v) is 6.51. The van der Waals surface area contributed by atoms with Gasteiger partial charge >= 0.3 is 0 Å². The molecule has 2 heteroatoms. The lowest BCUT2D eigenvalue weighted by Crippen LogP contribution is -2.41. The van der Waals surface area contributed by atoms with Crippen LogP contribution in [0.5, 0.6) is 0 Å². The summed E-state index contributed by atoms with van der Waals surface area (Å²) in [7, 11) is 0. The Bertz CT molecular complexity index is 185. The van der Waals surface area contributed by atoms with E-state index in [9.17, 15) is 0 Å². The fraction of sp³-hybridized carbons (Fsp3) is 1.00. The monoisotopic (exact) mass is 213 g/mol. The summed E-state index contributed by atoms with van der Waals surface area (Å²) in [6.45, 7) is 5.96. The van der Waals surface area contributed by atoms with Crippen molar-refractivity contribution in [3.63, 3.8) is 0 Å². The average Bonchev–Trinajstić information content (AvgIpc) is 2.50. The summed E-state index contributed by atoms with van der Waals surface area (Å²) in [5.74, 6) is 3.66. The van der Waals surface area contributed by atoms with Crippen LogP contribution in [0.25, 0.3) is 0 Å². The van der Waals surface area contributed by atoms with Crippen molar-refractivity contribution in [2.75, 3.05) is 18.1 Å². The third kappa shape index (κ3) is 2.11. The van der Waals surface area contributed by atoms with E-state index in [4.69, 9.17) is 0 Å². The van der Waals surface area contributed by atoms with Crippen LogP contribution in [0.15, 0.2) is 0 Å². The zero-order valence-electron chi connectivity index (χ0n) is 9.51. The zero-order valence-corrected chi connectivity index (χ0v) is 10.3. The van der Waals surface area contributed by atoms with Crippen LogP contribution in [0, 0.1) is 11.3 Å². The summed E-state index contributed by atoms with van der Waals surface area (Å²) in [6, 6.07) is 0.815. The van der Waals surface area contributed by atoms with E-state index in [0.29, 0.717) is 5.41 Å². The first-order valence-electron chi connectivity index (χ1n) is 6.04. The van der Waals surface area contributed by atoms with Gasteiger partial charge in [0, 0.05) is 11.8 Å². The topological polar surface area (TPSA) is 12.0 Å². The molecule has 2 unspecified atom stereocenters. The Kier molecular flexibility index (Phi) is 3.43. The highest BCUT2D eigenvalue weighted by Crippen LogP contribution is 2.44. The van der Waals surface area contributed by atoms with Crippen LogP contribution in [0.4, 0.5) is 0 Å². The van der Waals surface area contributed by atoms with Gasteiger partial charge in [-0.05, 0) is 49.3 Å². The molecular weight excluding hydrogens is 190 g/mol. The Labute approximate surface area is 92.4 Å². The summed E-state index contributed by atoms with van der Waals surface area (Å²) >= 11 is 2.18. The summed E-state index contributed by atoms with van der Waals surface area (Å²) in [5.41, 5.74) is 0.674. The molecule has 1 nitrogen and oxygen atoms in total. The van der Waals surface area contributed by atoms with Gasteiger partial charge in [0.15, 0.2) is 0 Å². The zero-order chi connectivity index (χ0) is 10.0. The van der Waals surface area contributed by atoms with Gasteiger partial charge in [0.2, 0.25) is 0 Å². The molecule has 0 bridgehead atoms. The summed E-state index contributed by atoms with van der Waals surface area (Å²) in [5, 5.41) is 3.74. The lowest BCUT2D eigenvalue weighted by Gasteiger charge is -2.38. The number of hydrogen-bond donors (Lipinski definition) is 1. The molecule has 0 aromatic rings. The van der Waals surface area contributed by atoms with Crippen molar-refractivity contribution in [1.29, 1.82) is 0 Å². The molecule has 2 saturated heterocycles. The Balaban J connectivity index is 2.00. The fourth-order valence-corrected chi connectivity index (χ4v) is 4.43. The number of hydrogen-bond acceptors (Lipinski definition) is 2. The van der Waals surface area contributed by atoms with E-state index in [0.717, 1.165) is 12.0 Å². The van der Waals surface area contributed by atoms with E-state index >= 15 is 0 Å². The van der Waals surface area contributed by atoms with Crippen molar-refractivity contribution < 1.29 is 0 Å². The average molecular weight is 213 g/mol. The van der Waals surface area contributed by atoms with Crippen LogP contribution in [-0.2, 0) is 0 Å². The largest absolute Gasteiger partial charge is 0.313 e. The number of rotatable bonds is 2. The van der Waals surface area contributed by atoms with E-state index in [1.807, 2.05) is 0 Å². The predicted molar refractivity (Wildman–Crippen MR) is 64.9 cm³/mol. The summed E-state index contributed by atoms with van der Waals surface area (Å²) in [4.78, 5) is 0. The van der Waals surface area contributed by atoms with E-state index in [2.05, 4.69) is 30.9 Å². The van der Waals surface area contributed by atoms with E-state index in [-0.39, 0.29) is 0 Å². The van der Waals surface area contributed by atoms with Gasteiger partial charge in [-0.2, -0.15) is 11.8 Å². The number of thioether (sulfide) groups is 1. The molecule has 2 heterocycles. The maximum atomic E-state index is 3.74. The van der Waals surface area contributed by atoms with Gasteiger partial charge in [-0.25, -0.2) is 0 Å². The SMILES string of the molecule is CC(C)CC1NCCC12CCCSC2. The molecule has 0 radical (unpaired) electrons. The van der Waals surface area contributed by atoms with Crippen molar-refractivity contribution in [1.82, 2.24) is 5.32 Å². The molecule has 2 aliphatic heterocycles. The first-order valence-corrected chi connectivity index (χ1v) is 7.19. The highest BCUT2D eigenvalue weighted by molar-refractivity contribution is 7.99.